The topological polar surface area (TPSA) is 99.1 Å². The SMILES string of the molecule is Nc1cnc(F)c(C(F)F)c1S(N)(=O)=O. The van der Waals surface area contributed by atoms with Crippen LogP contribution in [0.2, 0.25) is 0 Å². The van der Waals surface area contributed by atoms with Gasteiger partial charge in [-0.05, 0) is 0 Å². The van der Waals surface area contributed by atoms with Gasteiger partial charge in [0.15, 0.2) is 0 Å². The van der Waals surface area contributed by atoms with Crippen LogP contribution in [0.5, 0.6) is 0 Å². The maximum Gasteiger partial charge on any atom is 0.269 e. The number of alkyl halides is 2. The van der Waals surface area contributed by atoms with Crippen molar-refractivity contribution in [2.75, 3.05) is 5.73 Å². The van der Waals surface area contributed by atoms with E-state index in [2.05, 4.69) is 10.1 Å². The number of nitrogens with two attached hydrogens (primary N) is 2. The first-order valence-corrected chi connectivity index (χ1v) is 5.04. The lowest BCUT2D eigenvalue weighted by atomic mass is 10.2. The van der Waals surface area contributed by atoms with E-state index >= 15 is 0 Å². The molecule has 0 spiro atoms. The maximum atomic E-state index is 12.8. The van der Waals surface area contributed by atoms with Gasteiger partial charge in [-0.15, -0.1) is 0 Å². The lowest BCUT2D eigenvalue weighted by Crippen LogP contribution is -2.18. The fourth-order valence-corrected chi connectivity index (χ4v) is 1.87. The van der Waals surface area contributed by atoms with E-state index in [4.69, 9.17) is 5.73 Å². The van der Waals surface area contributed by atoms with Crippen LogP contribution in [-0.2, 0) is 10.0 Å². The highest BCUT2D eigenvalue weighted by molar-refractivity contribution is 7.89. The molecular weight excluding hydrogens is 235 g/mol. The van der Waals surface area contributed by atoms with Gasteiger partial charge in [-0.3, -0.25) is 0 Å². The fourth-order valence-electron chi connectivity index (χ4n) is 1.01. The van der Waals surface area contributed by atoms with Gasteiger partial charge in [0.05, 0.1) is 17.4 Å². The molecule has 0 radical (unpaired) electrons. The third kappa shape index (κ3) is 2.18. The standard InChI is InChI=1S/C6H6F3N3O2S/c7-5(8)3-4(15(11,13)14)2(10)1-12-6(3)9/h1,5H,10H2,(H2,11,13,14). The van der Waals surface area contributed by atoms with E-state index < -0.39 is 38.5 Å². The molecule has 1 aromatic rings. The summed E-state index contributed by atoms with van der Waals surface area (Å²) in [6.07, 6.45) is -2.75. The number of primary sulfonamides is 1. The Balaban J connectivity index is 3.68. The van der Waals surface area contributed by atoms with Crippen LogP contribution in [0.3, 0.4) is 0 Å². The largest absolute Gasteiger partial charge is 0.396 e. The molecule has 84 valence electrons. The third-order valence-electron chi connectivity index (χ3n) is 1.55. The van der Waals surface area contributed by atoms with E-state index in [1.165, 1.54) is 0 Å². The van der Waals surface area contributed by atoms with E-state index in [0.29, 0.717) is 6.20 Å². The van der Waals surface area contributed by atoms with Gasteiger partial charge in [0, 0.05) is 0 Å². The van der Waals surface area contributed by atoms with Crippen LogP contribution in [-0.4, -0.2) is 13.4 Å². The number of anilines is 1. The number of nitrogen functional groups attached to an aromatic ring is 1. The van der Waals surface area contributed by atoms with Gasteiger partial charge in [-0.25, -0.2) is 27.3 Å². The number of halogens is 3. The van der Waals surface area contributed by atoms with E-state index in [1.807, 2.05) is 0 Å². The molecule has 0 amide bonds. The smallest absolute Gasteiger partial charge is 0.269 e. The Bertz CT molecular complexity index is 489. The van der Waals surface area contributed by atoms with E-state index in [-0.39, 0.29) is 0 Å². The van der Waals surface area contributed by atoms with Gasteiger partial charge in [0.1, 0.15) is 4.90 Å². The molecule has 5 nitrogen and oxygen atoms in total. The van der Waals surface area contributed by atoms with Crippen molar-refractivity contribution in [2.45, 2.75) is 11.3 Å². The highest BCUT2D eigenvalue weighted by atomic mass is 32.2. The Hall–Kier alpha value is -1.35. The van der Waals surface area contributed by atoms with Gasteiger partial charge >= 0.3 is 0 Å². The first kappa shape index (κ1) is 11.7. The van der Waals surface area contributed by atoms with Crippen molar-refractivity contribution < 1.29 is 21.6 Å². The predicted molar refractivity (Wildman–Crippen MR) is 44.9 cm³/mol. The lowest BCUT2D eigenvalue weighted by Gasteiger charge is -2.09. The lowest BCUT2D eigenvalue weighted by molar-refractivity contribution is 0.141. The summed E-state index contributed by atoms with van der Waals surface area (Å²) >= 11 is 0. The normalized spacial score (nSPS) is 12.1. The second-order valence-corrected chi connectivity index (χ2v) is 4.09. The molecule has 1 aromatic heterocycles. The zero-order valence-electron chi connectivity index (χ0n) is 7.12. The van der Waals surface area contributed by atoms with Crippen molar-refractivity contribution >= 4 is 15.7 Å². The summed E-state index contributed by atoms with van der Waals surface area (Å²) in [5.41, 5.74) is 3.07. The first-order valence-electron chi connectivity index (χ1n) is 3.50. The summed E-state index contributed by atoms with van der Waals surface area (Å²) in [4.78, 5) is 1.76. The molecular formula is C6H6F3N3O2S. The number of sulfonamides is 1. The summed E-state index contributed by atoms with van der Waals surface area (Å²) < 4.78 is 59.3. The van der Waals surface area contributed by atoms with Gasteiger partial charge in [-0.1, -0.05) is 0 Å². The predicted octanol–water partition coefficient (Wildman–Crippen LogP) is 0.388. The van der Waals surface area contributed by atoms with Gasteiger partial charge in [-0.2, -0.15) is 4.39 Å². The monoisotopic (exact) mass is 241 g/mol. The molecule has 0 aliphatic carbocycles. The summed E-state index contributed by atoms with van der Waals surface area (Å²) in [5.74, 6) is -1.61. The van der Waals surface area contributed by atoms with Gasteiger partial charge in [0.2, 0.25) is 16.0 Å². The van der Waals surface area contributed by atoms with E-state index in [9.17, 15) is 21.6 Å². The Morgan fingerprint density at radius 1 is 1.40 bits per heavy atom. The molecule has 0 aliphatic heterocycles. The number of nitrogens with zero attached hydrogens (tertiary/aromatic N) is 1. The Morgan fingerprint density at radius 2 is 1.93 bits per heavy atom. The number of hydrogen-bond acceptors (Lipinski definition) is 4. The number of hydrogen-bond donors (Lipinski definition) is 2. The first-order chi connectivity index (χ1) is 6.75. The van der Waals surface area contributed by atoms with Crippen molar-refractivity contribution in [3.63, 3.8) is 0 Å². The Morgan fingerprint density at radius 3 is 2.27 bits per heavy atom. The summed E-state index contributed by atoms with van der Waals surface area (Å²) in [7, 11) is -4.52. The minimum Gasteiger partial charge on any atom is -0.396 e. The molecule has 0 saturated heterocycles. The quantitative estimate of drug-likeness (QED) is 0.731. The van der Waals surface area contributed by atoms with Crippen LogP contribution in [0, 0.1) is 5.95 Å². The molecule has 9 heteroatoms. The minimum absolute atomic E-state index is 0.612. The van der Waals surface area contributed by atoms with Crippen molar-refractivity contribution in [1.29, 1.82) is 0 Å². The van der Waals surface area contributed by atoms with Crippen LogP contribution in [0.4, 0.5) is 18.9 Å². The minimum atomic E-state index is -4.52. The highest BCUT2D eigenvalue weighted by Gasteiger charge is 2.28. The molecule has 4 N–H and O–H groups in total. The summed E-state index contributed by atoms with van der Waals surface area (Å²) in [6.45, 7) is 0. The van der Waals surface area contributed by atoms with Crippen molar-refractivity contribution in [1.82, 2.24) is 4.98 Å². The highest BCUT2D eigenvalue weighted by Crippen LogP contribution is 2.30. The van der Waals surface area contributed by atoms with Gasteiger partial charge < -0.3 is 5.73 Å². The molecule has 1 heterocycles. The van der Waals surface area contributed by atoms with Crippen LogP contribution < -0.4 is 10.9 Å². The maximum absolute atomic E-state index is 12.8. The molecule has 0 saturated carbocycles. The summed E-state index contributed by atoms with van der Waals surface area (Å²) in [6, 6.07) is 0. The molecule has 1 rings (SSSR count). The second kappa shape index (κ2) is 3.66. The third-order valence-corrected chi connectivity index (χ3v) is 2.57. The molecule has 0 fully saturated rings. The Kier molecular flexibility index (Phi) is 2.86. The van der Waals surface area contributed by atoms with Crippen molar-refractivity contribution in [3.05, 3.63) is 17.7 Å². The second-order valence-electron chi connectivity index (χ2n) is 2.59. The molecule has 0 atom stereocenters. The van der Waals surface area contributed by atoms with Crippen molar-refractivity contribution in [2.24, 2.45) is 5.14 Å². The average molecular weight is 241 g/mol. The van der Waals surface area contributed by atoms with Crippen LogP contribution >= 0.6 is 0 Å². The van der Waals surface area contributed by atoms with Crippen LogP contribution in [0.1, 0.15) is 12.0 Å². The zero-order chi connectivity index (χ0) is 11.8. The van der Waals surface area contributed by atoms with Gasteiger partial charge in [0.25, 0.3) is 6.43 Å². The number of pyridine rings is 1. The summed E-state index contributed by atoms with van der Waals surface area (Å²) in [5, 5.41) is 4.63. The average Bonchev–Trinajstić information content (AvgIpc) is 2.05. The Labute approximate surface area is 83.0 Å². The molecule has 0 unspecified atom stereocenters. The molecule has 15 heavy (non-hydrogen) atoms. The molecule has 0 bridgehead atoms. The molecule has 0 aromatic carbocycles. The zero-order valence-corrected chi connectivity index (χ0v) is 7.93. The van der Waals surface area contributed by atoms with E-state index in [0.717, 1.165) is 0 Å². The fraction of sp³-hybridized carbons (Fsp3) is 0.167. The number of aromatic nitrogens is 1. The molecule has 0 aliphatic rings. The van der Waals surface area contributed by atoms with E-state index in [1.54, 1.807) is 0 Å². The van der Waals surface area contributed by atoms with Crippen LogP contribution in [0.25, 0.3) is 0 Å². The van der Waals surface area contributed by atoms with Crippen molar-refractivity contribution in [3.8, 4) is 0 Å². The number of rotatable bonds is 2. The van der Waals surface area contributed by atoms with Crippen LogP contribution in [0.15, 0.2) is 11.1 Å².